The zero-order chi connectivity index (χ0) is 24.6. The number of hydrogen-bond donors (Lipinski definition) is 2. The summed E-state index contributed by atoms with van der Waals surface area (Å²) in [5, 5.41) is 22.7. The van der Waals surface area contributed by atoms with Crippen LogP contribution in [0.15, 0.2) is 42.5 Å². The number of carboxylic acids is 1. The van der Waals surface area contributed by atoms with Crippen molar-refractivity contribution in [3.63, 3.8) is 0 Å². The number of nitro benzene ring substituents is 1. The zero-order valence-corrected chi connectivity index (χ0v) is 18.8. The quantitative estimate of drug-likeness (QED) is 0.407. The third kappa shape index (κ3) is 9.17. The first-order valence-electron chi connectivity index (χ1n) is 9.89. The first kappa shape index (κ1) is 26.8. The molecule has 0 unspecified atom stereocenters. The maximum absolute atomic E-state index is 10.8. The van der Waals surface area contributed by atoms with Crippen LogP contribution < -0.4 is 5.32 Å². The van der Waals surface area contributed by atoms with Crippen LogP contribution in [0.1, 0.15) is 24.0 Å². The van der Waals surface area contributed by atoms with Gasteiger partial charge in [-0.15, -0.1) is 0 Å². The van der Waals surface area contributed by atoms with E-state index in [1.807, 2.05) is 24.3 Å². The molecule has 0 radical (unpaired) electrons. The van der Waals surface area contributed by atoms with Gasteiger partial charge in [0.05, 0.1) is 15.0 Å². The van der Waals surface area contributed by atoms with Gasteiger partial charge in [-0.1, -0.05) is 41.4 Å². The Kier molecular flexibility index (Phi) is 9.90. The molecule has 7 nitrogen and oxygen atoms in total. The zero-order valence-electron chi connectivity index (χ0n) is 17.3. The van der Waals surface area contributed by atoms with Crippen molar-refractivity contribution in [2.75, 3.05) is 13.1 Å². The molecule has 1 saturated heterocycles. The van der Waals surface area contributed by atoms with Crippen LogP contribution in [0, 0.1) is 10.1 Å². The van der Waals surface area contributed by atoms with E-state index in [2.05, 4.69) is 10.2 Å². The van der Waals surface area contributed by atoms with Gasteiger partial charge < -0.3 is 10.4 Å². The molecule has 1 aliphatic rings. The Bertz CT molecular complexity index is 968. The van der Waals surface area contributed by atoms with Crippen LogP contribution in [0.4, 0.5) is 18.9 Å². The van der Waals surface area contributed by atoms with Crippen molar-refractivity contribution in [2.45, 2.75) is 38.1 Å². The molecule has 1 fully saturated rings. The summed E-state index contributed by atoms with van der Waals surface area (Å²) < 4.78 is 31.7. The van der Waals surface area contributed by atoms with E-state index in [9.17, 15) is 23.3 Å². The van der Waals surface area contributed by atoms with Crippen LogP contribution in [0.25, 0.3) is 0 Å². The minimum absolute atomic E-state index is 0.140. The van der Waals surface area contributed by atoms with Crippen LogP contribution in [0.2, 0.25) is 10.0 Å². The van der Waals surface area contributed by atoms with Gasteiger partial charge in [-0.2, -0.15) is 13.2 Å². The smallest absolute Gasteiger partial charge is 0.475 e. The first-order chi connectivity index (χ1) is 15.5. The molecule has 2 aromatic carbocycles. The largest absolute Gasteiger partial charge is 0.490 e. The number of nitro groups is 1. The van der Waals surface area contributed by atoms with Gasteiger partial charge in [0.2, 0.25) is 0 Å². The number of carbonyl (C=O) groups is 1. The second kappa shape index (κ2) is 12.2. The Morgan fingerprint density at radius 2 is 1.76 bits per heavy atom. The van der Waals surface area contributed by atoms with Crippen molar-refractivity contribution in [1.29, 1.82) is 0 Å². The summed E-state index contributed by atoms with van der Waals surface area (Å²) in [7, 11) is 0. The number of aliphatic carboxylic acids is 1. The summed E-state index contributed by atoms with van der Waals surface area (Å²) in [6.45, 7) is 3.54. The fourth-order valence-electron chi connectivity index (χ4n) is 3.23. The fraction of sp³-hybridized carbons (Fsp3) is 0.381. The van der Waals surface area contributed by atoms with Crippen molar-refractivity contribution in [2.24, 2.45) is 0 Å². The predicted octanol–water partition coefficient (Wildman–Crippen LogP) is 5.29. The summed E-state index contributed by atoms with van der Waals surface area (Å²) in [5.74, 6) is -2.76. The second-order valence-electron chi connectivity index (χ2n) is 7.41. The molecule has 0 aromatic heterocycles. The molecule has 0 aliphatic carbocycles. The minimum Gasteiger partial charge on any atom is -0.475 e. The number of rotatable bonds is 6. The van der Waals surface area contributed by atoms with Gasteiger partial charge in [-0.25, -0.2) is 4.79 Å². The number of non-ortho nitro benzene ring substituents is 1. The normalized spacial score (nSPS) is 14.9. The number of likely N-dealkylation sites (tertiary alicyclic amines) is 1. The number of nitrogens with one attached hydrogen (secondary N) is 1. The molecule has 3 rings (SSSR count). The summed E-state index contributed by atoms with van der Waals surface area (Å²) in [6.07, 6.45) is -2.98. The van der Waals surface area contributed by atoms with E-state index in [0.717, 1.165) is 38.0 Å². The van der Waals surface area contributed by atoms with E-state index in [-0.39, 0.29) is 10.6 Å². The van der Waals surface area contributed by atoms with E-state index in [1.54, 1.807) is 12.1 Å². The summed E-state index contributed by atoms with van der Waals surface area (Å²) in [4.78, 5) is 21.8. The van der Waals surface area contributed by atoms with Gasteiger partial charge in [-0.05, 0) is 49.2 Å². The van der Waals surface area contributed by atoms with Gasteiger partial charge in [-0.3, -0.25) is 15.0 Å². The molecular formula is C21H22Cl2F3N3O4. The number of carboxylic acid groups (broad SMARTS) is 1. The molecule has 0 saturated carbocycles. The molecule has 2 aromatic rings. The van der Waals surface area contributed by atoms with Crippen LogP contribution >= 0.6 is 23.2 Å². The molecule has 0 amide bonds. The van der Waals surface area contributed by atoms with Gasteiger partial charge in [0.1, 0.15) is 0 Å². The van der Waals surface area contributed by atoms with Crippen LogP contribution in [-0.2, 0) is 17.9 Å². The van der Waals surface area contributed by atoms with E-state index in [0.29, 0.717) is 22.6 Å². The van der Waals surface area contributed by atoms with E-state index in [1.165, 1.54) is 11.6 Å². The third-order valence-electron chi connectivity index (χ3n) is 4.94. The average Bonchev–Trinajstić information content (AvgIpc) is 2.76. The van der Waals surface area contributed by atoms with Crippen LogP contribution in [0.3, 0.4) is 0 Å². The number of benzene rings is 2. The number of piperidine rings is 1. The van der Waals surface area contributed by atoms with E-state index < -0.39 is 12.1 Å². The van der Waals surface area contributed by atoms with E-state index >= 15 is 0 Å². The maximum Gasteiger partial charge on any atom is 0.490 e. The summed E-state index contributed by atoms with van der Waals surface area (Å²) in [5.41, 5.74) is 2.25. The topological polar surface area (TPSA) is 95.7 Å². The molecule has 1 aliphatic heterocycles. The lowest BCUT2D eigenvalue weighted by molar-refractivity contribution is -0.384. The van der Waals surface area contributed by atoms with Crippen molar-refractivity contribution < 1.29 is 28.0 Å². The van der Waals surface area contributed by atoms with Gasteiger partial charge in [0.25, 0.3) is 5.69 Å². The monoisotopic (exact) mass is 507 g/mol. The Morgan fingerprint density at radius 3 is 2.30 bits per heavy atom. The highest BCUT2D eigenvalue weighted by Crippen LogP contribution is 2.24. The molecule has 180 valence electrons. The predicted molar refractivity (Wildman–Crippen MR) is 118 cm³/mol. The van der Waals surface area contributed by atoms with Gasteiger partial charge >= 0.3 is 12.1 Å². The number of alkyl halides is 3. The molecule has 33 heavy (non-hydrogen) atoms. The second-order valence-corrected chi connectivity index (χ2v) is 8.22. The molecule has 0 spiro atoms. The maximum atomic E-state index is 10.8. The SMILES string of the molecule is O=C(O)C(F)(F)F.O=[N+]([O-])c1cccc(CNC2CCN(Cc3ccc(Cl)c(Cl)c3)CC2)c1. The standard InChI is InChI=1S/C19H21Cl2N3O2.C2HF3O2/c20-18-5-4-15(11-19(18)21)13-23-8-6-16(7-9-23)22-12-14-2-1-3-17(10-14)24(25)26;3-2(4,5)1(6)7/h1-5,10-11,16,22H,6-9,12-13H2;(H,6,7). The minimum atomic E-state index is -5.08. The van der Waals surface area contributed by atoms with Crippen LogP contribution in [0.5, 0.6) is 0 Å². The highest BCUT2D eigenvalue weighted by atomic mass is 35.5. The Labute approximate surface area is 198 Å². The van der Waals surface area contributed by atoms with Crippen molar-refractivity contribution in [1.82, 2.24) is 10.2 Å². The van der Waals surface area contributed by atoms with Crippen molar-refractivity contribution in [3.05, 3.63) is 73.8 Å². The molecule has 0 bridgehead atoms. The van der Waals surface area contributed by atoms with Gasteiger partial charge in [0, 0.05) is 31.3 Å². The average molecular weight is 508 g/mol. The van der Waals surface area contributed by atoms with Crippen molar-refractivity contribution >= 4 is 34.9 Å². The number of halogens is 5. The highest BCUT2D eigenvalue weighted by Gasteiger charge is 2.38. The molecule has 12 heteroatoms. The lowest BCUT2D eigenvalue weighted by Crippen LogP contribution is -2.41. The highest BCUT2D eigenvalue weighted by molar-refractivity contribution is 6.42. The Hall–Kier alpha value is -2.40. The Balaban J connectivity index is 0.000000479. The number of nitrogens with zero attached hydrogens (tertiary/aromatic N) is 2. The summed E-state index contributed by atoms with van der Waals surface area (Å²) in [6, 6.07) is 13.0. The van der Waals surface area contributed by atoms with Crippen LogP contribution in [-0.4, -0.2) is 46.2 Å². The Morgan fingerprint density at radius 1 is 1.12 bits per heavy atom. The molecular weight excluding hydrogens is 486 g/mol. The lowest BCUT2D eigenvalue weighted by atomic mass is 10.0. The fourth-order valence-corrected chi connectivity index (χ4v) is 3.55. The third-order valence-corrected chi connectivity index (χ3v) is 5.68. The first-order valence-corrected chi connectivity index (χ1v) is 10.6. The van der Waals surface area contributed by atoms with Gasteiger partial charge in [0.15, 0.2) is 0 Å². The lowest BCUT2D eigenvalue weighted by Gasteiger charge is -2.32. The molecule has 0 atom stereocenters. The van der Waals surface area contributed by atoms with Crippen molar-refractivity contribution in [3.8, 4) is 0 Å². The number of hydrogen-bond acceptors (Lipinski definition) is 5. The molecule has 2 N–H and O–H groups in total. The molecule has 1 heterocycles. The summed E-state index contributed by atoms with van der Waals surface area (Å²) >= 11 is 12.0. The van der Waals surface area contributed by atoms with E-state index in [4.69, 9.17) is 33.1 Å².